The van der Waals surface area contributed by atoms with Crippen LogP contribution >= 0.6 is 0 Å². The second kappa shape index (κ2) is 4.18. The fraction of sp³-hybridized carbons (Fsp3) is 0.667. The topological polar surface area (TPSA) is 8.17 Å². The lowest BCUT2D eigenvalue weighted by Crippen LogP contribution is -2.33. The normalized spacial score (nSPS) is 22.4. The summed E-state index contributed by atoms with van der Waals surface area (Å²) >= 11 is 0. The van der Waals surface area contributed by atoms with E-state index in [9.17, 15) is 0 Å². The molecule has 1 aromatic rings. The van der Waals surface area contributed by atoms with Gasteiger partial charge >= 0.3 is 0 Å². The summed E-state index contributed by atoms with van der Waals surface area (Å²) in [7, 11) is 2.22. The molecule has 0 aliphatic carbocycles. The van der Waals surface area contributed by atoms with Crippen molar-refractivity contribution in [1.82, 2.24) is 9.47 Å². The summed E-state index contributed by atoms with van der Waals surface area (Å²) in [5.74, 6) is 0.860. The Hall–Kier alpha value is -0.760. The Balaban J connectivity index is 1.95. The van der Waals surface area contributed by atoms with Gasteiger partial charge in [-0.1, -0.05) is 0 Å². The summed E-state index contributed by atoms with van der Waals surface area (Å²) < 4.78 is 2.34. The average molecular weight is 192 g/mol. The van der Waals surface area contributed by atoms with Crippen molar-refractivity contribution in [1.29, 1.82) is 0 Å². The molecule has 1 fully saturated rings. The molecule has 14 heavy (non-hydrogen) atoms. The Morgan fingerprint density at radius 1 is 1.14 bits per heavy atom. The molecule has 1 unspecified atom stereocenters. The minimum absolute atomic E-state index is 0.665. The monoisotopic (exact) mass is 192 g/mol. The molecule has 0 bridgehead atoms. The molecule has 2 heteroatoms. The summed E-state index contributed by atoms with van der Waals surface area (Å²) in [4.78, 5) is 2.43. The molecule has 0 aromatic carbocycles. The molecule has 1 atom stereocenters. The molecule has 0 N–H and O–H groups in total. The highest BCUT2D eigenvalue weighted by molar-refractivity contribution is 4.94. The Kier molecular flexibility index (Phi) is 2.92. The number of hydrogen-bond acceptors (Lipinski definition) is 1. The maximum Gasteiger partial charge on any atom is 0.0331 e. The summed E-state index contributed by atoms with van der Waals surface area (Å²) in [5.41, 5.74) is 0. The van der Waals surface area contributed by atoms with Crippen molar-refractivity contribution in [3.63, 3.8) is 0 Å². The number of rotatable bonds is 2. The Morgan fingerprint density at radius 2 is 1.71 bits per heavy atom. The van der Waals surface area contributed by atoms with Gasteiger partial charge in [-0.15, -0.1) is 0 Å². The first-order valence-corrected chi connectivity index (χ1v) is 5.58. The van der Waals surface area contributed by atoms with E-state index in [1.807, 2.05) is 0 Å². The van der Waals surface area contributed by atoms with E-state index in [1.165, 1.54) is 25.9 Å². The van der Waals surface area contributed by atoms with E-state index in [0.29, 0.717) is 6.04 Å². The van der Waals surface area contributed by atoms with Crippen LogP contribution in [0.3, 0.4) is 0 Å². The minimum atomic E-state index is 0.665. The van der Waals surface area contributed by atoms with Gasteiger partial charge < -0.3 is 9.47 Å². The van der Waals surface area contributed by atoms with Crippen LogP contribution in [0.25, 0.3) is 0 Å². The Labute approximate surface area is 86.5 Å². The van der Waals surface area contributed by atoms with Crippen LogP contribution in [0.1, 0.15) is 25.8 Å². The molecule has 2 heterocycles. The fourth-order valence-corrected chi connectivity index (χ4v) is 2.37. The molecule has 0 radical (unpaired) electrons. The first kappa shape index (κ1) is 9.78. The van der Waals surface area contributed by atoms with Crippen molar-refractivity contribution in [3.05, 3.63) is 24.5 Å². The molecule has 78 valence electrons. The minimum Gasteiger partial charge on any atom is -0.351 e. The highest BCUT2D eigenvalue weighted by atomic mass is 15.1. The third-order valence-electron chi connectivity index (χ3n) is 3.54. The number of hydrogen-bond donors (Lipinski definition) is 0. The van der Waals surface area contributed by atoms with Gasteiger partial charge in [-0.25, -0.2) is 0 Å². The molecule has 0 spiro atoms. The SMILES string of the molecule is CC(C1CCN(C)CC1)n1cccc1. The second-order valence-electron chi connectivity index (χ2n) is 4.51. The smallest absolute Gasteiger partial charge is 0.0331 e. The first-order chi connectivity index (χ1) is 6.77. The third kappa shape index (κ3) is 2.01. The predicted octanol–water partition coefficient (Wildman–Crippen LogP) is 2.39. The molecule has 1 aromatic heterocycles. The zero-order chi connectivity index (χ0) is 9.97. The lowest BCUT2D eigenvalue weighted by atomic mass is 9.90. The van der Waals surface area contributed by atoms with E-state index >= 15 is 0 Å². The summed E-state index contributed by atoms with van der Waals surface area (Å²) in [6.07, 6.45) is 7.05. The van der Waals surface area contributed by atoms with Crippen molar-refractivity contribution in [2.24, 2.45) is 5.92 Å². The summed E-state index contributed by atoms with van der Waals surface area (Å²) in [6.45, 7) is 4.86. The highest BCUT2D eigenvalue weighted by Gasteiger charge is 2.22. The highest BCUT2D eigenvalue weighted by Crippen LogP contribution is 2.27. The molecule has 0 saturated carbocycles. The molecule has 0 amide bonds. The van der Waals surface area contributed by atoms with E-state index in [2.05, 4.69) is 48.0 Å². The van der Waals surface area contributed by atoms with Gasteiger partial charge in [0.25, 0.3) is 0 Å². The van der Waals surface area contributed by atoms with Gasteiger partial charge in [0, 0.05) is 18.4 Å². The molecule has 2 nitrogen and oxygen atoms in total. The van der Waals surface area contributed by atoms with Gasteiger partial charge in [0.15, 0.2) is 0 Å². The van der Waals surface area contributed by atoms with Crippen LogP contribution in [0.4, 0.5) is 0 Å². The van der Waals surface area contributed by atoms with Crippen LogP contribution in [-0.2, 0) is 0 Å². The van der Waals surface area contributed by atoms with Crippen LogP contribution < -0.4 is 0 Å². The van der Waals surface area contributed by atoms with E-state index in [-0.39, 0.29) is 0 Å². The van der Waals surface area contributed by atoms with E-state index in [0.717, 1.165) is 5.92 Å². The molecule has 1 saturated heterocycles. The van der Waals surface area contributed by atoms with Crippen LogP contribution in [-0.4, -0.2) is 29.6 Å². The van der Waals surface area contributed by atoms with Gasteiger partial charge in [-0.2, -0.15) is 0 Å². The zero-order valence-electron chi connectivity index (χ0n) is 9.19. The fourth-order valence-electron chi connectivity index (χ4n) is 2.37. The van der Waals surface area contributed by atoms with Crippen molar-refractivity contribution in [2.75, 3.05) is 20.1 Å². The van der Waals surface area contributed by atoms with Gasteiger partial charge in [0.2, 0.25) is 0 Å². The van der Waals surface area contributed by atoms with E-state index in [4.69, 9.17) is 0 Å². The van der Waals surface area contributed by atoms with Gasteiger partial charge in [0.05, 0.1) is 0 Å². The van der Waals surface area contributed by atoms with Crippen molar-refractivity contribution < 1.29 is 0 Å². The molecule has 1 aliphatic rings. The van der Waals surface area contributed by atoms with Crippen molar-refractivity contribution >= 4 is 0 Å². The van der Waals surface area contributed by atoms with E-state index < -0.39 is 0 Å². The Morgan fingerprint density at radius 3 is 2.29 bits per heavy atom. The average Bonchev–Trinajstić information content (AvgIpc) is 2.71. The zero-order valence-corrected chi connectivity index (χ0v) is 9.19. The second-order valence-corrected chi connectivity index (χ2v) is 4.51. The largest absolute Gasteiger partial charge is 0.351 e. The lowest BCUT2D eigenvalue weighted by Gasteiger charge is -2.33. The quantitative estimate of drug-likeness (QED) is 0.698. The lowest BCUT2D eigenvalue weighted by molar-refractivity contribution is 0.180. The number of likely N-dealkylation sites (tertiary alicyclic amines) is 1. The van der Waals surface area contributed by atoms with Crippen LogP contribution in [0.5, 0.6) is 0 Å². The maximum absolute atomic E-state index is 2.43. The molecular formula is C12H20N2. The van der Waals surface area contributed by atoms with Gasteiger partial charge in [0.1, 0.15) is 0 Å². The molecule has 1 aliphatic heterocycles. The molecular weight excluding hydrogens is 172 g/mol. The van der Waals surface area contributed by atoms with Gasteiger partial charge in [-0.05, 0) is 58.0 Å². The van der Waals surface area contributed by atoms with Crippen LogP contribution in [0, 0.1) is 5.92 Å². The number of aromatic nitrogens is 1. The van der Waals surface area contributed by atoms with Crippen molar-refractivity contribution in [3.8, 4) is 0 Å². The number of piperidine rings is 1. The third-order valence-corrected chi connectivity index (χ3v) is 3.54. The standard InChI is InChI=1S/C12H20N2/c1-11(14-7-3-4-8-14)12-5-9-13(2)10-6-12/h3-4,7-8,11-12H,5-6,9-10H2,1-2H3. The van der Waals surface area contributed by atoms with Gasteiger partial charge in [-0.3, -0.25) is 0 Å². The first-order valence-electron chi connectivity index (χ1n) is 5.58. The summed E-state index contributed by atoms with van der Waals surface area (Å²) in [5, 5.41) is 0. The molecule has 2 rings (SSSR count). The predicted molar refractivity (Wildman–Crippen MR) is 59.4 cm³/mol. The number of nitrogens with zero attached hydrogens (tertiary/aromatic N) is 2. The van der Waals surface area contributed by atoms with Crippen molar-refractivity contribution in [2.45, 2.75) is 25.8 Å². The van der Waals surface area contributed by atoms with E-state index in [1.54, 1.807) is 0 Å². The Bertz CT molecular complexity index is 258. The maximum atomic E-state index is 2.43. The van der Waals surface area contributed by atoms with Crippen LogP contribution in [0.2, 0.25) is 0 Å². The van der Waals surface area contributed by atoms with Crippen LogP contribution in [0.15, 0.2) is 24.5 Å². The summed E-state index contributed by atoms with van der Waals surface area (Å²) in [6, 6.07) is 4.90.